The summed E-state index contributed by atoms with van der Waals surface area (Å²) >= 11 is 1.75. The molecule has 7 nitrogen and oxygen atoms in total. The van der Waals surface area contributed by atoms with Gasteiger partial charge in [-0.25, -0.2) is 8.42 Å². The molecule has 1 fully saturated rings. The van der Waals surface area contributed by atoms with Gasteiger partial charge in [0.15, 0.2) is 5.96 Å². The molecule has 0 amide bonds. The third-order valence-corrected chi connectivity index (χ3v) is 7.03. The van der Waals surface area contributed by atoms with Crippen LogP contribution in [0.1, 0.15) is 25.6 Å². The average molecular weight is 417 g/mol. The van der Waals surface area contributed by atoms with Crippen molar-refractivity contribution in [1.82, 2.24) is 14.5 Å². The Morgan fingerprint density at radius 2 is 2.07 bits per heavy atom. The van der Waals surface area contributed by atoms with Crippen LogP contribution in [0.3, 0.4) is 0 Å². The van der Waals surface area contributed by atoms with Crippen molar-refractivity contribution < 1.29 is 13.2 Å². The first-order chi connectivity index (χ1) is 12.9. The monoisotopic (exact) mass is 416 g/mol. The summed E-state index contributed by atoms with van der Waals surface area (Å²) in [5.41, 5.74) is 0. The van der Waals surface area contributed by atoms with E-state index >= 15 is 0 Å². The van der Waals surface area contributed by atoms with Gasteiger partial charge in [0.25, 0.3) is 0 Å². The van der Waals surface area contributed by atoms with Crippen LogP contribution in [0.5, 0.6) is 0 Å². The number of thiophene rings is 1. The van der Waals surface area contributed by atoms with Crippen molar-refractivity contribution in [3.8, 4) is 0 Å². The zero-order valence-corrected chi connectivity index (χ0v) is 18.2. The predicted molar refractivity (Wildman–Crippen MR) is 112 cm³/mol. The fraction of sp³-hybridized carbons (Fsp3) is 0.722. The highest BCUT2D eigenvalue weighted by Gasteiger charge is 2.27. The number of piperazine rings is 1. The molecule has 0 atom stereocenters. The summed E-state index contributed by atoms with van der Waals surface area (Å²) in [7, 11) is -3.26. The van der Waals surface area contributed by atoms with Gasteiger partial charge in [0, 0.05) is 50.6 Å². The topological polar surface area (TPSA) is 74.2 Å². The fourth-order valence-electron chi connectivity index (χ4n) is 2.85. The van der Waals surface area contributed by atoms with Gasteiger partial charge >= 0.3 is 0 Å². The number of aliphatic imine (C=N–C) groups is 1. The van der Waals surface area contributed by atoms with Crippen molar-refractivity contribution in [1.29, 1.82) is 0 Å². The van der Waals surface area contributed by atoms with E-state index in [0.717, 1.165) is 25.5 Å². The van der Waals surface area contributed by atoms with E-state index in [-0.39, 0.29) is 18.5 Å². The van der Waals surface area contributed by atoms with Gasteiger partial charge in [-0.2, -0.15) is 4.31 Å². The molecule has 27 heavy (non-hydrogen) atoms. The van der Waals surface area contributed by atoms with E-state index in [1.807, 2.05) is 20.8 Å². The minimum Gasteiger partial charge on any atom is -0.378 e. The lowest BCUT2D eigenvalue weighted by molar-refractivity contribution is 0.0904. The van der Waals surface area contributed by atoms with Crippen LogP contribution >= 0.6 is 11.3 Å². The lowest BCUT2D eigenvalue weighted by atomic mass is 10.3. The molecule has 0 spiro atoms. The molecular weight excluding hydrogens is 384 g/mol. The van der Waals surface area contributed by atoms with Crippen molar-refractivity contribution in [3.05, 3.63) is 22.4 Å². The van der Waals surface area contributed by atoms with E-state index in [1.165, 1.54) is 4.88 Å². The Morgan fingerprint density at radius 3 is 2.67 bits per heavy atom. The summed E-state index contributed by atoms with van der Waals surface area (Å²) in [5, 5.41) is 5.40. The Balaban J connectivity index is 1.85. The van der Waals surface area contributed by atoms with E-state index in [1.54, 1.807) is 15.6 Å². The van der Waals surface area contributed by atoms with Gasteiger partial charge in [-0.05, 0) is 32.2 Å². The maximum absolute atomic E-state index is 12.5. The van der Waals surface area contributed by atoms with Crippen LogP contribution < -0.4 is 5.32 Å². The quantitative estimate of drug-likeness (QED) is 0.489. The van der Waals surface area contributed by atoms with Gasteiger partial charge in [0.05, 0.1) is 18.5 Å². The van der Waals surface area contributed by atoms with Crippen LogP contribution in [-0.4, -0.2) is 81.3 Å². The zero-order chi connectivity index (χ0) is 19.7. The van der Waals surface area contributed by atoms with Crippen LogP contribution in [0, 0.1) is 0 Å². The van der Waals surface area contributed by atoms with E-state index in [2.05, 4.69) is 27.7 Å². The Hall–Kier alpha value is -1.16. The number of sulfonamides is 1. The second kappa shape index (κ2) is 11.0. The Kier molecular flexibility index (Phi) is 9.01. The van der Waals surface area contributed by atoms with Crippen LogP contribution in [0.25, 0.3) is 0 Å². The summed E-state index contributed by atoms with van der Waals surface area (Å²) in [4.78, 5) is 8.19. The van der Waals surface area contributed by atoms with Crippen molar-refractivity contribution in [2.24, 2.45) is 4.99 Å². The van der Waals surface area contributed by atoms with E-state index < -0.39 is 10.0 Å². The fourth-order valence-corrected chi connectivity index (χ4v) is 4.83. The molecule has 2 heterocycles. The van der Waals surface area contributed by atoms with E-state index in [0.29, 0.717) is 26.2 Å². The van der Waals surface area contributed by atoms with Crippen molar-refractivity contribution >= 4 is 27.3 Å². The van der Waals surface area contributed by atoms with Crippen molar-refractivity contribution in [2.45, 2.75) is 33.3 Å². The van der Waals surface area contributed by atoms with Crippen LogP contribution in [-0.2, 0) is 21.2 Å². The predicted octanol–water partition coefficient (Wildman–Crippen LogP) is 1.63. The van der Waals surface area contributed by atoms with Crippen LogP contribution in [0.2, 0.25) is 0 Å². The molecule has 0 radical (unpaired) electrons. The molecule has 9 heteroatoms. The molecule has 0 aromatic carbocycles. The van der Waals surface area contributed by atoms with Gasteiger partial charge < -0.3 is 15.0 Å². The van der Waals surface area contributed by atoms with Gasteiger partial charge in [-0.1, -0.05) is 6.07 Å². The standard InChI is InChI=1S/C18H32N4O3S2/c1-4-19-18(20-8-7-17-6-5-14-26-17)21-9-11-22(12-10-21)27(23,24)15-13-25-16(2)3/h5-6,14,16H,4,7-13,15H2,1-3H3,(H,19,20). The van der Waals surface area contributed by atoms with Gasteiger partial charge in [0.1, 0.15) is 0 Å². The molecule has 0 unspecified atom stereocenters. The minimum atomic E-state index is -3.26. The third kappa shape index (κ3) is 7.40. The maximum Gasteiger partial charge on any atom is 0.216 e. The highest BCUT2D eigenvalue weighted by Crippen LogP contribution is 2.11. The highest BCUT2D eigenvalue weighted by atomic mass is 32.2. The second-order valence-corrected chi connectivity index (χ2v) is 9.81. The molecule has 0 aliphatic carbocycles. The molecule has 1 aromatic rings. The number of nitrogens with zero attached hydrogens (tertiary/aromatic N) is 3. The average Bonchev–Trinajstić information content (AvgIpc) is 3.14. The van der Waals surface area contributed by atoms with Gasteiger partial charge in [-0.15, -0.1) is 11.3 Å². The Morgan fingerprint density at radius 1 is 1.33 bits per heavy atom. The first kappa shape index (κ1) is 22.1. The first-order valence-corrected chi connectivity index (χ1v) is 12.1. The van der Waals surface area contributed by atoms with Crippen LogP contribution in [0.15, 0.2) is 22.5 Å². The second-order valence-electron chi connectivity index (χ2n) is 6.69. The molecule has 1 aliphatic heterocycles. The molecule has 1 aromatic heterocycles. The van der Waals surface area contributed by atoms with E-state index in [4.69, 9.17) is 9.73 Å². The summed E-state index contributed by atoms with van der Waals surface area (Å²) in [6.45, 7) is 9.90. The lowest BCUT2D eigenvalue weighted by Gasteiger charge is -2.35. The third-order valence-electron chi connectivity index (χ3n) is 4.26. The Labute approximate surface area is 167 Å². The van der Waals surface area contributed by atoms with Gasteiger partial charge in [0.2, 0.25) is 10.0 Å². The molecule has 1 saturated heterocycles. The van der Waals surface area contributed by atoms with Crippen molar-refractivity contribution in [2.75, 3.05) is 51.6 Å². The Bertz CT molecular complexity index is 667. The highest BCUT2D eigenvalue weighted by molar-refractivity contribution is 7.89. The molecule has 0 bridgehead atoms. The zero-order valence-electron chi connectivity index (χ0n) is 16.6. The number of guanidine groups is 1. The SMILES string of the molecule is CCNC(=NCCc1cccs1)N1CCN(S(=O)(=O)CCOC(C)C)CC1. The van der Waals surface area contributed by atoms with Gasteiger partial charge in [-0.3, -0.25) is 4.99 Å². The smallest absolute Gasteiger partial charge is 0.216 e. The maximum atomic E-state index is 12.5. The summed E-state index contributed by atoms with van der Waals surface area (Å²) < 4.78 is 31.9. The lowest BCUT2D eigenvalue weighted by Crippen LogP contribution is -2.54. The normalized spacial score (nSPS) is 16.9. The molecule has 154 valence electrons. The van der Waals surface area contributed by atoms with Crippen LogP contribution in [0.4, 0.5) is 0 Å². The molecule has 2 rings (SSSR count). The summed E-state index contributed by atoms with van der Waals surface area (Å²) in [5.74, 6) is 0.911. The molecule has 1 N–H and O–H groups in total. The largest absolute Gasteiger partial charge is 0.378 e. The molecule has 0 saturated carbocycles. The minimum absolute atomic E-state index is 0.0418. The number of hydrogen-bond acceptors (Lipinski definition) is 5. The summed E-state index contributed by atoms with van der Waals surface area (Å²) in [6, 6.07) is 4.18. The van der Waals surface area contributed by atoms with Crippen molar-refractivity contribution in [3.63, 3.8) is 0 Å². The van der Waals surface area contributed by atoms with E-state index in [9.17, 15) is 8.42 Å². The number of ether oxygens (including phenoxy) is 1. The summed E-state index contributed by atoms with van der Waals surface area (Å²) in [6.07, 6.45) is 0.974. The molecular formula is C18H32N4O3S2. The number of nitrogens with one attached hydrogen (secondary N) is 1. The number of hydrogen-bond donors (Lipinski definition) is 1. The number of rotatable bonds is 9. The molecule has 1 aliphatic rings. The first-order valence-electron chi connectivity index (χ1n) is 9.57.